The molecule has 2 aromatic carbocycles. The van der Waals surface area contributed by atoms with Crippen LogP contribution in [0.3, 0.4) is 0 Å². The molecule has 3 rings (SSSR count). The van der Waals surface area contributed by atoms with E-state index in [2.05, 4.69) is 28.1 Å². The number of nitrogens with two attached hydrogens (primary N) is 1. The monoisotopic (exact) mass is 333 g/mol. The van der Waals surface area contributed by atoms with Crippen LogP contribution in [0, 0.1) is 5.82 Å². The first-order chi connectivity index (χ1) is 9.63. The van der Waals surface area contributed by atoms with Crippen molar-refractivity contribution in [2.45, 2.75) is 30.7 Å². The molecule has 1 aliphatic carbocycles. The largest absolute Gasteiger partial charge is 0.323 e. The van der Waals surface area contributed by atoms with E-state index in [1.165, 1.54) is 11.6 Å². The van der Waals surface area contributed by atoms with Crippen LogP contribution in [0.4, 0.5) is 4.39 Å². The van der Waals surface area contributed by atoms with Gasteiger partial charge in [-0.1, -0.05) is 52.7 Å². The molecule has 0 aliphatic heterocycles. The second kappa shape index (κ2) is 5.30. The fourth-order valence-electron chi connectivity index (χ4n) is 3.16. The Balaban J connectivity index is 2.03. The van der Waals surface area contributed by atoms with E-state index in [0.717, 1.165) is 23.7 Å². The molecular weight excluding hydrogens is 317 g/mol. The van der Waals surface area contributed by atoms with Crippen molar-refractivity contribution in [3.8, 4) is 0 Å². The van der Waals surface area contributed by atoms with E-state index in [1.54, 1.807) is 6.07 Å². The second-order valence-electron chi connectivity index (χ2n) is 5.52. The van der Waals surface area contributed by atoms with Crippen LogP contribution in [0.25, 0.3) is 0 Å². The lowest BCUT2D eigenvalue weighted by atomic mass is 9.59. The molecule has 1 nitrogen and oxygen atoms in total. The summed E-state index contributed by atoms with van der Waals surface area (Å²) in [6, 6.07) is 15.0. The van der Waals surface area contributed by atoms with Gasteiger partial charge in [-0.3, -0.25) is 0 Å². The first kappa shape index (κ1) is 13.8. The first-order valence-electron chi connectivity index (χ1n) is 6.89. The van der Waals surface area contributed by atoms with E-state index in [9.17, 15) is 4.39 Å². The predicted molar refractivity (Wildman–Crippen MR) is 83.0 cm³/mol. The van der Waals surface area contributed by atoms with Gasteiger partial charge in [0.15, 0.2) is 0 Å². The van der Waals surface area contributed by atoms with Crippen molar-refractivity contribution in [1.82, 2.24) is 0 Å². The van der Waals surface area contributed by atoms with Crippen molar-refractivity contribution >= 4 is 15.9 Å². The van der Waals surface area contributed by atoms with Crippen LogP contribution in [0.2, 0.25) is 0 Å². The highest BCUT2D eigenvalue weighted by Crippen LogP contribution is 2.51. The zero-order chi connectivity index (χ0) is 14.2. The summed E-state index contributed by atoms with van der Waals surface area (Å²) in [4.78, 5) is 0. The molecular formula is C17H17BrFN. The zero-order valence-electron chi connectivity index (χ0n) is 11.2. The molecule has 0 saturated heterocycles. The topological polar surface area (TPSA) is 26.0 Å². The molecule has 1 atom stereocenters. The molecule has 1 unspecified atom stereocenters. The first-order valence-corrected chi connectivity index (χ1v) is 7.69. The molecule has 0 spiro atoms. The molecule has 1 aliphatic rings. The van der Waals surface area contributed by atoms with Crippen molar-refractivity contribution in [2.75, 3.05) is 0 Å². The fourth-order valence-corrected chi connectivity index (χ4v) is 3.54. The van der Waals surface area contributed by atoms with Gasteiger partial charge in [0.1, 0.15) is 5.82 Å². The van der Waals surface area contributed by atoms with E-state index in [4.69, 9.17) is 5.73 Å². The maximum atomic E-state index is 14.1. The number of hydrogen-bond donors (Lipinski definition) is 1. The van der Waals surface area contributed by atoms with Crippen LogP contribution < -0.4 is 5.73 Å². The van der Waals surface area contributed by atoms with E-state index < -0.39 is 0 Å². The molecule has 3 heteroatoms. The van der Waals surface area contributed by atoms with E-state index >= 15 is 0 Å². The average molecular weight is 334 g/mol. The highest BCUT2D eigenvalue weighted by Gasteiger charge is 2.45. The Bertz CT molecular complexity index is 608. The van der Waals surface area contributed by atoms with E-state index in [1.807, 2.05) is 24.3 Å². The van der Waals surface area contributed by atoms with Gasteiger partial charge in [0.05, 0.1) is 0 Å². The van der Waals surface area contributed by atoms with Gasteiger partial charge in [-0.25, -0.2) is 4.39 Å². The summed E-state index contributed by atoms with van der Waals surface area (Å²) < 4.78 is 15.0. The van der Waals surface area contributed by atoms with Crippen LogP contribution in [-0.2, 0) is 5.41 Å². The summed E-state index contributed by atoms with van der Waals surface area (Å²) in [6.45, 7) is 0. The van der Waals surface area contributed by atoms with Crippen LogP contribution >= 0.6 is 15.9 Å². The van der Waals surface area contributed by atoms with Crippen LogP contribution in [0.5, 0.6) is 0 Å². The minimum atomic E-state index is -0.309. The van der Waals surface area contributed by atoms with Crippen molar-refractivity contribution in [3.63, 3.8) is 0 Å². The Hall–Kier alpha value is -1.19. The smallest absolute Gasteiger partial charge is 0.128 e. The molecule has 2 aromatic rings. The molecule has 0 bridgehead atoms. The lowest BCUT2D eigenvalue weighted by molar-refractivity contribution is 0.193. The maximum absolute atomic E-state index is 14.1. The van der Waals surface area contributed by atoms with Crippen molar-refractivity contribution in [2.24, 2.45) is 5.73 Å². The number of rotatable bonds is 3. The lowest BCUT2D eigenvalue weighted by Crippen LogP contribution is -2.44. The summed E-state index contributed by atoms with van der Waals surface area (Å²) in [5.41, 5.74) is 8.17. The summed E-state index contributed by atoms with van der Waals surface area (Å²) in [5.74, 6) is -0.220. The van der Waals surface area contributed by atoms with Gasteiger partial charge in [0, 0.05) is 21.5 Å². The highest BCUT2D eigenvalue weighted by atomic mass is 79.9. The van der Waals surface area contributed by atoms with E-state index in [-0.39, 0.29) is 17.3 Å². The third-order valence-corrected chi connectivity index (χ3v) is 4.98. The molecule has 2 N–H and O–H groups in total. The van der Waals surface area contributed by atoms with Crippen LogP contribution in [-0.4, -0.2) is 0 Å². The zero-order valence-corrected chi connectivity index (χ0v) is 12.7. The maximum Gasteiger partial charge on any atom is 0.128 e. The second-order valence-corrected chi connectivity index (χ2v) is 6.43. The Kier molecular flexibility index (Phi) is 3.65. The van der Waals surface area contributed by atoms with E-state index in [0.29, 0.717) is 5.56 Å². The fraction of sp³-hybridized carbons (Fsp3) is 0.294. The Morgan fingerprint density at radius 3 is 2.40 bits per heavy atom. The van der Waals surface area contributed by atoms with Crippen molar-refractivity contribution < 1.29 is 4.39 Å². The summed E-state index contributed by atoms with van der Waals surface area (Å²) in [7, 11) is 0. The summed E-state index contributed by atoms with van der Waals surface area (Å²) in [6.07, 6.45) is 3.19. The number of halogens is 2. The Labute approximate surface area is 127 Å². The Morgan fingerprint density at radius 1 is 1.10 bits per heavy atom. The Morgan fingerprint density at radius 2 is 1.80 bits per heavy atom. The normalized spacial score (nSPS) is 18.4. The van der Waals surface area contributed by atoms with Crippen molar-refractivity contribution in [3.05, 3.63) is 69.9 Å². The summed E-state index contributed by atoms with van der Waals surface area (Å²) >= 11 is 3.41. The summed E-state index contributed by atoms with van der Waals surface area (Å²) in [5, 5.41) is 0. The third-order valence-electron chi connectivity index (χ3n) is 4.48. The van der Waals surface area contributed by atoms with Gasteiger partial charge in [-0.15, -0.1) is 0 Å². The van der Waals surface area contributed by atoms with Gasteiger partial charge < -0.3 is 5.73 Å². The molecule has 0 heterocycles. The van der Waals surface area contributed by atoms with Gasteiger partial charge in [-0.2, -0.15) is 0 Å². The molecule has 0 amide bonds. The molecule has 1 fully saturated rings. The minimum absolute atomic E-state index is 0.122. The molecule has 104 valence electrons. The number of benzene rings is 2. The van der Waals surface area contributed by atoms with Gasteiger partial charge >= 0.3 is 0 Å². The molecule has 0 aromatic heterocycles. The lowest BCUT2D eigenvalue weighted by Gasteiger charge is -2.47. The molecule has 20 heavy (non-hydrogen) atoms. The SMILES string of the molecule is NC(c1cc(Br)ccc1F)C1(c2ccccc2)CCC1. The van der Waals surface area contributed by atoms with Crippen molar-refractivity contribution in [1.29, 1.82) is 0 Å². The van der Waals surface area contributed by atoms with Gasteiger partial charge in [-0.05, 0) is 36.6 Å². The molecule has 0 radical (unpaired) electrons. The van der Waals surface area contributed by atoms with Crippen LogP contribution in [0.1, 0.15) is 36.4 Å². The quantitative estimate of drug-likeness (QED) is 0.864. The third kappa shape index (κ3) is 2.19. The van der Waals surface area contributed by atoms with Gasteiger partial charge in [0.2, 0.25) is 0 Å². The highest BCUT2D eigenvalue weighted by molar-refractivity contribution is 9.10. The van der Waals surface area contributed by atoms with Gasteiger partial charge in [0.25, 0.3) is 0 Å². The standard InChI is InChI=1S/C17H17BrFN/c18-13-7-8-15(19)14(11-13)16(20)17(9-4-10-17)12-5-2-1-3-6-12/h1-3,5-8,11,16H,4,9-10,20H2. The average Bonchev–Trinajstić information content (AvgIpc) is 2.41. The predicted octanol–water partition coefficient (Wildman–Crippen LogP) is 4.71. The minimum Gasteiger partial charge on any atom is -0.323 e. The van der Waals surface area contributed by atoms with Crippen LogP contribution in [0.15, 0.2) is 53.0 Å². The number of hydrogen-bond acceptors (Lipinski definition) is 1. The molecule has 1 saturated carbocycles.